The Morgan fingerprint density at radius 2 is 2.04 bits per heavy atom. The Balaban J connectivity index is 1.86. The van der Waals surface area contributed by atoms with Crippen LogP contribution in [-0.4, -0.2) is 22.1 Å². The molecule has 0 unspecified atom stereocenters. The Morgan fingerprint density at radius 3 is 2.79 bits per heavy atom. The van der Waals surface area contributed by atoms with Crippen LogP contribution in [0.2, 0.25) is 0 Å². The van der Waals surface area contributed by atoms with Gasteiger partial charge in [0.1, 0.15) is 10.7 Å². The van der Waals surface area contributed by atoms with Crippen molar-refractivity contribution in [2.24, 2.45) is 0 Å². The van der Waals surface area contributed by atoms with E-state index in [0.29, 0.717) is 16.5 Å². The molecule has 3 aromatic rings. The Bertz CT molecular complexity index is 962. The van der Waals surface area contributed by atoms with Crippen molar-refractivity contribution < 1.29 is 18.0 Å². The summed E-state index contributed by atoms with van der Waals surface area (Å²) in [5.74, 6) is -0.632. The maximum Gasteiger partial charge on any atom is 0.395 e. The zero-order chi connectivity index (χ0) is 17.3. The lowest BCUT2D eigenvalue weighted by atomic mass is 10.1. The van der Waals surface area contributed by atoms with Gasteiger partial charge in [0.25, 0.3) is 11.5 Å². The van der Waals surface area contributed by atoms with Crippen molar-refractivity contribution in [1.82, 2.24) is 9.97 Å². The quantitative estimate of drug-likeness (QED) is 0.758. The first kappa shape index (κ1) is 16.2. The number of nitrogens with zero attached hydrogens (tertiary/aromatic N) is 1. The number of hydrogen-bond acceptors (Lipinski definition) is 4. The van der Waals surface area contributed by atoms with E-state index in [1.54, 1.807) is 24.3 Å². The Morgan fingerprint density at radius 1 is 1.25 bits per heavy atom. The monoisotopic (exact) mass is 353 g/mol. The first-order valence-electron chi connectivity index (χ1n) is 6.76. The number of fused-ring (bicyclic) bond motifs is 1. The van der Waals surface area contributed by atoms with Crippen LogP contribution in [-0.2, 0) is 6.42 Å². The summed E-state index contributed by atoms with van der Waals surface area (Å²) in [7, 11) is 0. The van der Waals surface area contributed by atoms with E-state index in [9.17, 15) is 22.8 Å². The van der Waals surface area contributed by atoms with E-state index in [1.807, 2.05) is 0 Å². The average Bonchev–Trinajstić information content (AvgIpc) is 2.95. The third-order valence-corrected chi connectivity index (χ3v) is 4.05. The molecule has 9 heteroatoms. The number of H-pyrrole nitrogens is 1. The number of hydrogen-bond donors (Lipinski definition) is 2. The van der Waals surface area contributed by atoms with Crippen molar-refractivity contribution in [3.8, 4) is 0 Å². The van der Waals surface area contributed by atoms with Crippen molar-refractivity contribution in [3.05, 3.63) is 56.9 Å². The highest BCUT2D eigenvalue weighted by Crippen LogP contribution is 2.24. The molecule has 24 heavy (non-hydrogen) atoms. The number of nitrogens with one attached hydrogen (secondary N) is 2. The molecule has 5 nitrogen and oxygen atoms in total. The lowest BCUT2D eigenvalue weighted by Crippen LogP contribution is -2.15. The number of alkyl halides is 3. The van der Waals surface area contributed by atoms with Gasteiger partial charge in [-0.15, -0.1) is 11.3 Å². The molecule has 1 aromatic carbocycles. The van der Waals surface area contributed by atoms with E-state index >= 15 is 0 Å². The van der Waals surface area contributed by atoms with Crippen LogP contribution in [0.4, 0.5) is 18.9 Å². The molecule has 2 N–H and O–H groups in total. The molecule has 2 heterocycles. The smallest absolute Gasteiger partial charge is 0.329 e. The second kappa shape index (κ2) is 6.08. The minimum atomic E-state index is -4.37. The van der Waals surface area contributed by atoms with Gasteiger partial charge >= 0.3 is 6.18 Å². The van der Waals surface area contributed by atoms with E-state index in [1.165, 1.54) is 11.6 Å². The zero-order valence-corrected chi connectivity index (χ0v) is 12.8. The number of halogens is 3. The fourth-order valence-corrected chi connectivity index (χ4v) is 2.99. The molecule has 3 rings (SSSR count). The summed E-state index contributed by atoms with van der Waals surface area (Å²) in [4.78, 5) is 30.2. The number of pyridine rings is 1. The Kier molecular flexibility index (Phi) is 4.10. The van der Waals surface area contributed by atoms with Crippen molar-refractivity contribution in [2.75, 3.05) is 5.32 Å². The van der Waals surface area contributed by atoms with E-state index in [2.05, 4.69) is 15.3 Å². The zero-order valence-electron chi connectivity index (χ0n) is 12.0. The van der Waals surface area contributed by atoms with Gasteiger partial charge in [-0.2, -0.15) is 13.2 Å². The van der Waals surface area contributed by atoms with E-state index in [4.69, 9.17) is 0 Å². The molecule has 0 aliphatic rings. The predicted molar refractivity (Wildman–Crippen MR) is 84.4 cm³/mol. The number of aromatic nitrogens is 2. The lowest BCUT2D eigenvalue weighted by Gasteiger charge is -2.07. The molecular weight excluding hydrogens is 343 g/mol. The van der Waals surface area contributed by atoms with Crippen molar-refractivity contribution in [2.45, 2.75) is 12.6 Å². The highest BCUT2D eigenvalue weighted by atomic mass is 32.1. The van der Waals surface area contributed by atoms with Gasteiger partial charge in [0.2, 0.25) is 0 Å². The number of thiazole rings is 1. The summed E-state index contributed by atoms with van der Waals surface area (Å²) in [5.41, 5.74) is -0.0141. The first-order chi connectivity index (χ1) is 11.3. The molecule has 0 saturated carbocycles. The maximum absolute atomic E-state index is 12.3. The number of aromatic amines is 1. The molecule has 1 amide bonds. The molecule has 0 saturated heterocycles. The normalized spacial score (nSPS) is 11.6. The summed E-state index contributed by atoms with van der Waals surface area (Å²) >= 11 is 0.774. The molecule has 0 fully saturated rings. The third kappa shape index (κ3) is 3.46. The lowest BCUT2D eigenvalue weighted by molar-refractivity contribution is -0.127. The van der Waals surface area contributed by atoms with Crippen LogP contribution in [0.25, 0.3) is 10.8 Å². The van der Waals surface area contributed by atoms with Gasteiger partial charge < -0.3 is 10.3 Å². The molecule has 0 atom stereocenters. The van der Waals surface area contributed by atoms with Crippen LogP contribution in [0.3, 0.4) is 0 Å². The van der Waals surface area contributed by atoms with Crippen LogP contribution in [0.1, 0.15) is 15.5 Å². The van der Waals surface area contributed by atoms with Gasteiger partial charge in [0.15, 0.2) is 0 Å². The van der Waals surface area contributed by atoms with Crippen LogP contribution in [0, 0.1) is 0 Å². The molecule has 124 valence electrons. The molecule has 0 bridgehead atoms. The minimum absolute atomic E-state index is 0.0962. The topological polar surface area (TPSA) is 74.8 Å². The van der Waals surface area contributed by atoms with E-state index in [-0.39, 0.29) is 16.3 Å². The summed E-state index contributed by atoms with van der Waals surface area (Å²) in [6.45, 7) is 0. The highest BCUT2D eigenvalue weighted by molar-refractivity contribution is 7.09. The van der Waals surface area contributed by atoms with E-state index in [0.717, 1.165) is 11.3 Å². The number of carbonyl (C=O) groups excluding carboxylic acids is 1. The van der Waals surface area contributed by atoms with E-state index < -0.39 is 18.5 Å². The number of rotatable bonds is 3. The third-order valence-electron chi connectivity index (χ3n) is 3.20. The van der Waals surface area contributed by atoms with Gasteiger partial charge in [0, 0.05) is 28.0 Å². The highest BCUT2D eigenvalue weighted by Gasteiger charge is 2.29. The van der Waals surface area contributed by atoms with Gasteiger partial charge in [-0.05, 0) is 18.2 Å². The van der Waals surface area contributed by atoms with Crippen LogP contribution < -0.4 is 10.9 Å². The second-order valence-corrected chi connectivity index (χ2v) is 5.89. The molecule has 0 radical (unpaired) electrons. The maximum atomic E-state index is 12.3. The molecule has 0 aliphatic carbocycles. The molecule has 0 spiro atoms. The molecular formula is C15H10F3N3O2S. The van der Waals surface area contributed by atoms with Crippen molar-refractivity contribution in [3.63, 3.8) is 0 Å². The van der Waals surface area contributed by atoms with Crippen molar-refractivity contribution in [1.29, 1.82) is 0 Å². The van der Waals surface area contributed by atoms with Gasteiger partial charge in [-0.1, -0.05) is 6.07 Å². The SMILES string of the molecule is O=C(Nc1cccc2c(=O)[nH]ccc12)c1csc(CC(F)(F)F)n1. The van der Waals surface area contributed by atoms with Gasteiger partial charge in [-0.3, -0.25) is 9.59 Å². The fraction of sp³-hybridized carbons (Fsp3) is 0.133. The van der Waals surface area contributed by atoms with Gasteiger partial charge in [-0.25, -0.2) is 4.98 Å². The van der Waals surface area contributed by atoms with Crippen LogP contribution in [0.5, 0.6) is 0 Å². The molecule has 0 aliphatic heterocycles. The number of amides is 1. The summed E-state index contributed by atoms with van der Waals surface area (Å²) in [5, 5.41) is 4.59. The Hall–Kier alpha value is -2.68. The van der Waals surface area contributed by atoms with Crippen molar-refractivity contribution >= 4 is 33.7 Å². The Labute approximate surface area is 137 Å². The minimum Gasteiger partial charge on any atom is -0.329 e. The van der Waals surface area contributed by atoms with Gasteiger partial charge in [0.05, 0.1) is 6.42 Å². The van der Waals surface area contributed by atoms with Crippen LogP contribution in [0.15, 0.2) is 40.6 Å². The summed E-state index contributed by atoms with van der Waals surface area (Å²) in [6, 6.07) is 6.43. The number of carbonyl (C=O) groups is 1. The average molecular weight is 353 g/mol. The summed E-state index contributed by atoms with van der Waals surface area (Å²) < 4.78 is 37.0. The fourth-order valence-electron chi connectivity index (χ4n) is 2.18. The summed E-state index contributed by atoms with van der Waals surface area (Å²) in [6.07, 6.45) is -4.10. The second-order valence-electron chi connectivity index (χ2n) is 4.95. The molecule has 2 aromatic heterocycles. The standard InChI is InChI=1S/C15H10F3N3O2S/c16-15(17,18)6-12-20-11(7-24-12)14(23)21-10-3-1-2-9-8(10)4-5-19-13(9)22/h1-5,7H,6H2,(H,19,22)(H,21,23). The number of anilines is 1. The first-order valence-corrected chi connectivity index (χ1v) is 7.64. The number of benzene rings is 1. The largest absolute Gasteiger partial charge is 0.395 e. The predicted octanol–water partition coefficient (Wildman–Crippen LogP) is 3.34. The van der Waals surface area contributed by atoms with Crippen LogP contribution >= 0.6 is 11.3 Å².